The molecule has 3 heterocycles. The summed E-state index contributed by atoms with van der Waals surface area (Å²) in [5, 5.41) is 7.47. The average Bonchev–Trinajstić information content (AvgIpc) is 3.58. The van der Waals surface area contributed by atoms with Gasteiger partial charge < -0.3 is 9.30 Å². The molecule has 0 bridgehead atoms. The summed E-state index contributed by atoms with van der Waals surface area (Å²) in [5.41, 5.74) is 9.75. The van der Waals surface area contributed by atoms with E-state index in [-0.39, 0.29) is 25.8 Å². The first-order valence-electron chi connectivity index (χ1n) is 16.0. The number of pyridine rings is 1. The van der Waals surface area contributed by atoms with Crippen LogP contribution in [0.1, 0.15) is 56.6 Å². The number of para-hydroxylation sites is 1. The Bertz CT molecular complexity index is 2220. The fraction of sp³-hybridized carbons (Fsp3) is 0.220. The summed E-state index contributed by atoms with van der Waals surface area (Å²) in [7, 11) is 0. The van der Waals surface area contributed by atoms with Crippen molar-refractivity contribution in [1.29, 1.82) is 0 Å². The summed E-state index contributed by atoms with van der Waals surface area (Å²) in [6.07, 6.45) is 3.76. The van der Waals surface area contributed by atoms with Crippen LogP contribution in [-0.4, -0.2) is 19.3 Å². The van der Waals surface area contributed by atoms with E-state index in [9.17, 15) is 0 Å². The van der Waals surface area contributed by atoms with E-state index in [1.165, 1.54) is 16.7 Å². The SMILES string of the molecule is CCCc1nn(-c2[c-]c(Oc3[c-]c4c(cc3)c3ccccc3n4-c3cc(C)ccn3)ccc2)c(C(C)(C)C)c1-c1cccc(C)c1.[Pd+2]. The summed E-state index contributed by atoms with van der Waals surface area (Å²) in [6, 6.07) is 38.4. The smallest absolute Gasteiger partial charge is 0.509 e. The molecule has 0 aliphatic rings. The van der Waals surface area contributed by atoms with Crippen LogP contribution < -0.4 is 4.74 Å². The molecule has 7 aromatic rings. The summed E-state index contributed by atoms with van der Waals surface area (Å²) < 4.78 is 10.7. The van der Waals surface area contributed by atoms with Crippen molar-refractivity contribution in [2.45, 2.75) is 59.8 Å². The first-order valence-corrected chi connectivity index (χ1v) is 16.0. The average molecular weight is 709 g/mol. The van der Waals surface area contributed by atoms with Crippen molar-refractivity contribution in [3.63, 3.8) is 0 Å². The van der Waals surface area contributed by atoms with Gasteiger partial charge in [0.25, 0.3) is 0 Å². The zero-order chi connectivity index (χ0) is 32.0. The monoisotopic (exact) mass is 708 g/mol. The maximum absolute atomic E-state index is 6.48. The van der Waals surface area contributed by atoms with Gasteiger partial charge >= 0.3 is 20.4 Å². The molecule has 0 N–H and O–H groups in total. The Morgan fingerprint density at radius 1 is 0.787 bits per heavy atom. The number of aryl methyl sites for hydroxylation is 3. The van der Waals surface area contributed by atoms with E-state index < -0.39 is 0 Å². The molecule has 4 aromatic carbocycles. The van der Waals surface area contributed by atoms with E-state index in [2.05, 4.69) is 130 Å². The molecule has 0 atom stereocenters. The van der Waals surface area contributed by atoms with Gasteiger partial charge in [0.1, 0.15) is 5.82 Å². The van der Waals surface area contributed by atoms with Crippen molar-refractivity contribution in [3.05, 3.63) is 132 Å². The number of ether oxygens (including phenoxy) is 1. The minimum atomic E-state index is -0.168. The Hall–Kier alpha value is -4.50. The molecule has 0 amide bonds. The van der Waals surface area contributed by atoms with Crippen LogP contribution in [0, 0.1) is 26.0 Å². The molecule has 0 unspecified atom stereocenters. The molecule has 7 rings (SSSR count). The van der Waals surface area contributed by atoms with E-state index >= 15 is 0 Å². The molecule has 0 aliphatic heterocycles. The molecule has 6 heteroatoms. The fourth-order valence-electron chi connectivity index (χ4n) is 6.40. The maximum atomic E-state index is 6.48. The topological polar surface area (TPSA) is 44.9 Å². The van der Waals surface area contributed by atoms with Crippen LogP contribution >= 0.6 is 0 Å². The molecule has 0 saturated heterocycles. The second kappa shape index (κ2) is 13.0. The van der Waals surface area contributed by atoms with Crippen LogP contribution in [0.3, 0.4) is 0 Å². The Morgan fingerprint density at radius 2 is 1.55 bits per heavy atom. The number of rotatable bonds is 7. The van der Waals surface area contributed by atoms with Crippen molar-refractivity contribution in [1.82, 2.24) is 19.3 Å². The summed E-state index contributed by atoms with van der Waals surface area (Å²) in [5.74, 6) is 2.07. The van der Waals surface area contributed by atoms with Gasteiger partial charge in [-0.3, -0.25) is 4.68 Å². The van der Waals surface area contributed by atoms with Crippen molar-refractivity contribution in [3.8, 4) is 34.1 Å². The van der Waals surface area contributed by atoms with Gasteiger partial charge in [0, 0.05) is 34.2 Å². The number of hydrogen-bond acceptors (Lipinski definition) is 3. The molecular weight excluding hydrogens is 671 g/mol. The van der Waals surface area contributed by atoms with Gasteiger partial charge in [-0.2, -0.15) is 17.2 Å². The third-order valence-corrected chi connectivity index (χ3v) is 8.35. The van der Waals surface area contributed by atoms with Gasteiger partial charge in [-0.15, -0.1) is 35.7 Å². The van der Waals surface area contributed by atoms with Crippen LogP contribution in [0.5, 0.6) is 11.5 Å². The number of fused-ring (bicyclic) bond motifs is 3. The minimum absolute atomic E-state index is 0. The Labute approximate surface area is 290 Å². The predicted molar refractivity (Wildman–Crippen MR) is 187 cm³/mol. The summed E-state index contributed by atoms with van der Waals surface area (Å²) in [4.78, 5) is 4.70. The van der Waals surface area contributed by atoms with Crippen LogP contribution in [-0.2, 0) is 32.3 Å². The molecule has 238 valence electrons. The number of benzene rings is 4. The van der Waals surface area contributed by atoms with Crippen LogP contribution in [0.4, 0.5) is 0 Å². The largest absolute Gasteiger partial charge is 2.00 e. The van der Waals surface area contributed by atoms with Crippen LogP contribution in [0.15, 0.2) is 97.2 Å². The van der Waals surface area contributed by atoms with E-state index in [1.807, 2.05) is 30.5 Å². The Kier molecular flexibility index (Phi) is 8.94. The normalized spacial score (nSPS) is 11.6. The molecule has 0 aliphatic carbocycles. The molecule has 5 nitrogen and oxygen atoms in total. The van der Waals surface area contributed by atoms with Crippen molar-refractivity contribution < 1.29 is 25.2 Å². The van der Waals surface area contributed by atoms with E-state index in [4.69, 9.17) is 14.8 Å². The van der Waals surface area contributed by atoms with Crippen molar-refractivity contribution >= 4 is 21.8 Å². The van der Waals surface area contributed by atoms with Gasteiger partial charge in [-0.05, 0) is 60.7 Å². The van der Waals surface area contributed by atoms with Crippen LogP contribution in [0.2, 0.25) is 0 Å². The van der Waals surface area contributed by atoms with Gasteiger partial charge in [0.15, 0.2) is 0 Å². The Morgan fingerprint density at radius 3 is 2.32 bits per heavy atom. The molecule has 3 aromatic heterocycles. The first-order chi connectivity index (χ1) is 22.2. The van der Waals surface area contributed by atoms with Crippen molar-refractivity contribution in [2.75, 3.05) is 0 Å². The van der Waals surface area contributed by atoms with E-state index in [1.54, 1.807) is 0 Å². The number of nitrogens with zero attached hydrogens (tertiary/aromatic N) is 4. The van der Waals surface area contributed by atoms with E-state index in [0.717, 1.165) is 63.1 Å². The molecule has 0 radical (unpaired) electrons. The van der Waals surface area contributed by atoms with Gasteiger partial charge in [-0.25, -0.2) is 4.98 Å². The van der Waals surface area contributed by atoms with Gasteiger partial charge in [-0.1, -0.05) is 87.7 Å². The third-order valence-electron chi connectivity index (χ3n) is 8.35. The van der Waals surface area contributed by atoms with Gasteiger partial charge in [0.05, 0.1) is 11.4 Å². The molecule has 47 heavy (non-hydrogen) atoms. The minimum Gasteiger partial charge on any atom is -0.509 e. The summed E-state index contributed by atoms with van der Waals surface area (Å²) >= 11 is 0. The standard InChI is InChI=1S/C41H38N4O.Pd/c1-7-12-35-39(29-14-10-13-27(2)23-29)40(41(4,5)6)45(43-35)30-15-11-16-31(25-30)46-32-19-20-34-33-17-8-9-18-36(33)44(37(34)26-32)38-24-28(3)21-22-42-38;/h8-11,13-24H,7,12H2,1-6H3;/q-2;+2. The first kappa shape index (κ1) is 32.4. The molecule has 0 fully saturated rings. The third kappa shape index (κ3) is 6.16. The number of aromatic nitrogens is 4. The zero-order valence-electron chi connectivity index (χ0n) is 27.7. The zero-order valence-corrected chi connectivity index (χ0v) is 29.2. The maximum Gasteiger partial charge on any atom is 2.00 e. The second-order valence-corrected chi connectivity index (χ2v) is 13.1. The van der Waals surface area contributed by atoms with Crippen LogP contribution in [0.25, 0.3) is 44.4 Å². The van der Waals surface area contributed by atoms with Gasteiger partial charge in [0.2, 0.25) is 0 Å². The summed E-state index contributed by atoms with van der Waals surface area (Å²) in [6.45, 7) is 13.2. The Balaban J connectivity index is 0.00000386. The second-order valence-electron chi connectivity index (χ2n) is 13.1. The molecular formula is C41H38N4OPd. The van der Waals surface area contributed by atoms with E-state index in [0.29, 0.717) is 11.5 Å². The molecule has 0 saturated carbocycles. The predicted octanol–water partition coefficient (Wildman–Crippen LogP) is 10.3. The number of hydrogen-bond donors (Lipinski definition) is 0. The quantitative estimate of drug-likeness (QED) is 0.122. The molecule has 0 spiro atoms. The fourth-order valence-corrected chi connectivity index (χ4v) is 6.40. The van der Waals surface area contributed by atoms with Crippen molar-refractivity contribution in [2.24, 2.45) is 0 Å².